The van der Waals surface area contributed by atoms with Gasteiger partial charge in [-0.05, 0) is 42.5 Å². The van der Waals surface area contributed by atoms with Crippen LogP contribution in [0.15, 0.2) is 52.9 Å². The molecule has 0 aliphatic heterocycles. The number of rotatable bonds is 2. The lowest BCUT2D eigenvalue weighted by atomic mass is 10.1. The number of benzene rings is 2. The van der Waals surface area contributed by atoms with Gasteiger partial charge in [0.2, 0.25) is 0 Å². The number of furan rings is 1. The van der Waals surface area contributed by atoms with Crippen LogP contribution < -0.4 is 5.32 Å². The van der Waals surface area contributed by atoms with Gasteiger partial charge in [0.15, 0.2) is 0 Å². The van der Waals surface area contributed by atoms with Crippen LogP contribution >= 0.6 is 0 Å². The van der Waals surface area contributed by atoms with Gasteiger partial charge in [-0.1, -0.05) is 0 Å². The first-order valence-corrected chi connectivity index (χ1v) is 5.77. The third-order valence-corrected chi connectivity index (χ3v) is 2.96. The normalized spacial score (nSPS) is 10.7. The van der Waals surface area contributed by atoms with E-state index in [0.717, 1.165) is 22.4 Å². The first kappa shape index (κ1) is 10.7. The second-order valence-corrected chi connectivity index (χ2v) is 4.16. The van der Waals surface area contributed by atoms with Crippen molar-refractivity contribution in [3.8, 4) is 17.1 Å². The minimum Gasteiger partial charge on any atom is -0.508 e. The Morgan fingerprint density at radius 3 is 2.50 bits per heavy atom. The van der Waals surface area contributed by atoms with Gasteiger partial charge in [-0.15, -0.1) is 0 Å². The average molecular weight is 238 g/mol. The lowest BCUT2D eigenvalue weighted by Gasteiger charge is -2.00. The molecule has 1 aromatic heterocycles. The summed E-state index contributed by atoms with van der Waals surface area (Å²) in [7, 11) is 1.89. The second kappa shape index (κ2) is 4.11. The monoisotopic (exact) mass is 238 g/mol. The van der Waals surface area contributed by atoms with Crippen molar-refractivity contribution in [2.75, 3.05) is 12.4 Å². The summed E-state index contributed by atoms with van der Waals surface area (Å²) in [5.74, 6) is 1.02. The number of aromatic hydroxyl groups is 1. The zero-order valence-electron chi connectivity index (χ0n) is 9.97. The number of fused-ring (bicyclic) bond motifs is 1. The Morgan fingerprint density at radius 1 is 1.00 bits per heavy atom. The molecule has 2 N–H and O–H groups in total. The summed E-state index contributed by atoms with van der Waals surface area (Å²) < 4.78 is 5.73. The number of phenolic OH excluding ortho intramolecular Hbond substituents is 1. The highest BCUT2D eigenvalue weighted by Crippen LogP contribution is 2.30. The van der Waals surface area contributed by atoms with E-state index in [0.29, 0.717) is 5.58 Å². The van der Waals surface area contributed by atoms with Crippen molar-refractivity contribution >= 4 is 16.7 Å². The Balaban J connectivity index is 2.07. The largest absolute Gasteiger partial charge is 0.508 e. The number of hydrogen-bond donors (Lipinski definition) is 2. The quantitative estimate of drug-likeness (QED) is 0.712. The lowest BCUT2D eigenvalue weighted by molar-refractivity contribution is 0.474. The minimum atomic E-state index is 0.217. The molecular weight excluding hydrogens is 225 g/mol. The maximum Gasteiger partial charge on any atom is 0.138 e. The minimum absolute atomic E-state index is 0.217. The van der Waals surface area contributed by atoms with Crippen LogP contribution in [0.5, 0.6) is 5.75 Å². The average Bonchev–Trinajstić information content (AvgIpc) is 2.81. The fourth-order valence-corrected chi connectivity index (χ4v) is 1.96. The van der Waals surface area contributed by atoms with Crippen molar-refractivity contribution in [3.63, 3.8) is 0 Å². The Hall–Kier alpha value is -2.42. The van der Waals surface area contributed by atoms with Crippen molar-refractivity contribution in [1.82, 2.24) is 0 Å². The van der Waals surface area contributed by atoms with Crippen LogP contribution in [0.1, 0.15) is 0 Å². The number of hydrogen-bond acceptors (Lipinski definition) is 3. The highest BCUT2D eigenvalue weighted by atomic mass is 16.3. The van der Waals surface area contributed by atoms with Gasteiger partial charge in [0, 0.05) is 29.8 Å². The Labute approximate surface area is 105 Å². The molecule has 0 saturated heterocycles. The molecule has 90 valence electrons. The summed E-state index contributed by atoms with van der Waals surface area (Å²) in [5.41, 5.74) is 2.78. The lowest BCUT2D eigenvalue weighted by Crippen LogP contribution is -1.86. The molecule has 0 aliphatic carbocycles. The smallest absolute Gasteiger partial charge is 0.138 e. The molecule has 0 unspecified atom stereocenters. The summed E-state index contributed by atoms with van der Waals surface area (Å²) in [6.07, 6.45) is 0. The maximum absolute atomic E-state index is 9.41. The molecule has 18 heavy (non-hydrogen) atoms. The zero-order valence-corrected chi connectivity index (χ0v) is 9.97. The standard InChI is InChI=1S/C15H13NO2/c1-16-12-5-2-10(3-6-12)14-8-11-4-7-13(17)9-15(11)18-14/h2-9,16-17H,1H3/i1-1. The van der Waals surface area contributed by atoms with Crippen LogP contribution in [0.2, 0.25) is 0 Å². The predicted molar refractivity (Wildman–Crippen MR) is 72.9 cm³/mol. The van der Waals surface area contributed by atoms with E-state index in [4.69, 9.17) is 4.42 Å². The second-order valence-electron chi connectivity index (χ2n) is 4.16. The molecule has 0 atom stereocenters. The summed E-state index contributed by atoms with van der Waals surface area (Å²) in [6, 6.07) is 15.1. The fraction of sp³-hybridized carbons (Fsp3) is 0.0667. The molecule has 0 spiro atoms. The summed E-state index contributed by atoms with van der Waals surface area (Å²) >= 11 is 0. The molecule has 3 aromatic rings. The molecule has 3 rings (SSSR count). The molecule has 3 heteroatoms. The van der Waals surface area contributed by atoms with Crippen molar-refractivity contribution < 1.29 is 9.52 Å². The molecular formula is C15H13NO2. The predicted octanol–water partition coefficient (Wildman–Crippen LogP) is 3.85. The van der Waals surface area contributed by atoms with Crippen molar-refractivity contribution in [2.24, 2.45) is 0 Å². The van der Waals surface area contributed by atoms with Crippen LogP contribution in [-0.2, 0) is 0 Å². The summed E-state index contributed by atoms with van der Waals surface area (Å²) in [5, 5.41) is 13.5. The van der Waals surface area contributed by atoms with Crippen molar-refractivity contribution in [2.45, 2.75) is 0 Å². The van der Waals surface area contributed by atoms with E-state index in [1.165, 1.54) is 0 Å². The van der Waals surface area contributed by atoms with E-state index < -0.39 is 0 Å². The van der Waals surface area contributed by atoms with Gasteiger partial charge in [-0.25, -0.2) is 0 Å². The van der Waals surface area contributed by atoms with Gasteiger partial charge in [0.05, 0.1) is 0 Å². The van der Waals surface area contributed by atoms with Gasteiger partial charge in [0.25, 0.3) is 0 Å². The Kier molecular flexibility index (Phi) is 2.45. The Bertz CT molecular complexity index is 683. The van der Waals surface area contributed by atoms with Gasteiger partial charge in [-0.2, -0.15) is 0 Å². The summed E-state index contributed by atoms with van der Waals surface area (Å²) in [6.45, 7) is 0. The van der Waals surface area contributed by atoms with Crippen molar-refractivity contribution in [1.29, 1.82) is 0 Å². The van der Waals surface area contributed by atoms with Gasteiger partial charge in [-0.3, -0.25) is 0 Å². The van der Waals surface area contributed by atoms with E-state index in [1.807, 2.05) is 43.4 Å². The molecule has 0 fully saturated rings. The number of phenols is 1. The molecule has 0 amide bonds. The molecule has 0 bridgehead atoms. The van der Waals surface area contributed by atoms with Crippen molar-refractivity contribution in [3.05, 3.63) is 48.5 Å². The molecule has 3 nitrogen and oxygen atoms in total. The van der Waals surface area contributed by atoms with Crippen LogP contribution in [0, 0.1) is 0 Å². The summed E-state index contributed by atoms with van der Waals surface area (Å²) in [4.78, 5) is 0. The van der Waals surface area contributed by atoms with Crippen LogP contribution in [0.3, 0.4) is 0 Å². The molecule has 1 heterocycles. The van der Waals surface area contributed by atoms with Crippen LogP contribution in [0.25, 0.3) is 22.3 Å². The van der Waals surface area contributed by atoms with Crippen LogP contribution in [-0.4, -0.2) is 12.2 Å². The SMILES string of the molecule is [11CH3]Nc1ccc(-c2cc3ccc(O)cc3o2)cc1. The highest BCUT2D eigenvalue weighted by Gasteiger charge is 2.06. The number of nitrogens with one attached hydrogen (secondary N) is 1. The highest BCUT2D eigenvalue weighted by molar-refractivity contribution is 5.84. The molecule has 2 aromatic carbocycles. The zero-order chi connectivity index (χ0) is 12.5. The first-order valence-electron chi connectivity index (χ1n) is 5.77. The first-order chi connectivity index (χ1) is 8.76. The molecule has 0 saturated carbocycles. The third kappa shape index (κ3) is 1.80. The van der Waals surface area contributed by atoms with E-state index in [2.05, 4.69) is 5.32 Å². The van der Waals surface area contributed by atoms with Gasteiger partial charge in [0.1, 0.15) is 17.1 Å². The third-order valence-electron chi connectivity index (χ3n) is 2.96. The van der Waals surface area contributed by atoms with Gasteiger partial charge < -0.3 is 14.8 Å². The van der Waals surface area contributed by atoms with E-state index in [-0.39, 0.29) is 5.75 Å². The fourth-order valence-electron chi connectivity index (χ4n) is 1.96. The topological polar surface area (TPSA) is 45.4 Å². The van der Waals surface area contributed by atoms with E-state index >= 15 is 0 Å². The molecule has 0 aliphatic rings. The maximum atomic E-state index is 9.41. The number of anilines is 1. The Morgan fingerprint density at radius 2 is 1.78 bits per heavy atom. The molecule has 0 radical (unpaired) electrons. The van der Waals surface area contributed by atoms with Gasteiger partial charge >= 0.3 is 0 Å². The van der Waals surface area contributed by atoms with E-state index in [9.17, 15) is 5.11 Å². The van der Waals surface area contributed by atoms with Crippen LogP contribution in [0.4, 0.5) is 5.69 Å². The van der Waals surface area contributed by atoms with E-state index in [1.54, 1.807) is 12.1 Å².